The molecule has 0 spiro atoms. The highest BCUT2D eigenvalue weighted by molar-refractivity contribution is 6.09. The summed E-state index contributed by atoms with van der Waals surface area (Å²) < 4.78 is 7.55. The minimum Gasteiger partial charge on any atom is -0.452 e. The van der Waals surface area contributed by atoms with Crippen molar-refractivity contribution >= 4 is 44.9 Å². The quantitative estimate of drug-likeness (QED) is 0.152. The normalized spacial score (nSPS) is 12.8. The highest BCUT2D eigenvalue weighted by Crippen LogP contribution is 2.57. The molecule has 1 heterocycles. The Morgan fingerprint density at radius 2 is 0.812 bits per heavy atom. The number of fused-ring (bicyclic) bond motifs is 5. The second kappa shape index (κ2) is 15.0. The molecule has 304 valence electrons. The first-order chi connectivity index (χ1) is 31.5. The van der Waals surface area contributed by atoms with Crippen LogP contribution in [0.2, 0.25) is 0 Å². The number of para-hydroxylation sites is 2. The maximum Gasteiger partial charge on any atom is 0.160 e. The monoisotopic (exact) mass is 820 g/mol. The summed E-state index contributed by atoms with van der Waals surface area (Å²) >= 11 is 0. The Labute approximate surface area is 374 Å². The average molecular weight is 821 g/mol. The van der Waals surface area contributed by atoms with Gasteiger partial charge in [0.15, 0.2) is 11.5 Å². The van der Waals surface area contributed by atoms with Gasteiger partial charge in [-0.25, -0.2) is 0 Å². The van der Waals surface area contributed by atoms with Crippen molar-refractivity contribution < 1.29 is 4.74 Å². The Hall–Kier alpha value is -8.14. The van der Waals surface area contributed by atoms with Gasteiger partial charge in [0.25, 0.3) is 0 Å². The van der Waals surface area contributed by atoms with E-state index < -0.39 is 0 Å². The van der Waals surface area contributed by atoms with E-state index in [1.807, 2.05) is 0 Å². The van der Waals surface area contributed by atoms with Crippen LogP contribution in [0.25, 0.3) is 55.3 Å². The van der Waals surface area contributed by atoms with Gasteiger partial charge in [0.1, 0.15) is 0 Å². The number of ether oxygens (including phenoxy) is 1. The largest absolute Gasteiger partial charge is 0.452 e. The molecule has 2 aliphatic rings. The zero-order valence-corrected chi connectivity index (χ0v) is 35.7. The molecule has 64 heavy (non-hydrogen) atoms. The Morgan fingerprint density at radius 1 is 0.328 bits per heavy atom. The molecule has 0 bridgehead atoms. The third-order valence-corrected chi connectivity index (χ3v) is 13.3. The molecule has 1 aliphatic heterocycles. The lowest BCUT2D eigenvalue weighted by Crippen LogP contribution is -2.17. The number of hydrogen-bond acceptors (Lipinski definition) is 3. The zero-order chi connectivity index (χ0) is 42.8. The molecule has 3 heteroatoms. The van der Waals surface area contributed by atoms with Crippen molar-refractivity contribution in [1.29, 1.82) is 0 Å². The minimum absolute atomic E-state index is 0.150. The Balaban J connectivity index is 1.04. The van der Waals surface area contributed by atoms with Gasteiger partial charge in [-0.05, 0) is 116 Å². The van der Waals surface area contributed by atoms with Crippen LogP contribution in [0.4, 0.5) is 34.1 Å². The summed E-state index contributed by atoms with van der Waals surface area (Å²) in [6.07, 6.45) is 0. The minimum atomic E-state index is -0.150. The molecular weight excluding hydrogens is 777 g/mol. The predicted molar refractivity (Wildman–Crippen MR) is 267 cm³/mol. The molecule has 0 fully saturated rings. The molecule has 10 aromatic rings. The molecule has 0 amide bonds. The summed E-state index contributed by atoms with van der Waals surface area (Å²) in [5.41, 5.74) is 18.2. The fraction of sp³-hybridized carbons (Fsp3) is 0.0492. The van der Waals surface area contributed by atoms with E-state index in [1.54, 1.807) is 0 Å². The van der Waals surface area contributed by atoms with Gasteiger partial charge >= 0.3 is 0 Å². The molecule has 0 radical (unpaired) electrons. The van der Waals surface area contributed by atoms with E-state index in [2.05, 4.69) is 254 Å². The highest BCUT2D eigenvalue weighted by Gasteiger charge is 2.36. The molecule has 10 aromatic carbocycles. The van der Waals surface area contributed by atoms with E-state index in [9.17, 15) is 0 Å². The van der Waals surface area contributed by atoms with Gasteiger partial charge < -0.3 is 14.5 Å². The molecule has 0 N–H and O–H groups in total. The fourth-order valence-corrected chi connectivity index (χ4v) is 10.1. The topological polar surface area (TPSA) is 15.7 Å². The molecular formula is C61H44N2O. The van der Waals surface area contributed by atoms with Gasteiger partial charge in [-0.2, -0.15) is 0 Å². The zero-order valence-electron chi connectivity index (χ0n) is 35.7. The van der Waals surface area contributed by atoms with Crippen LogP contribution in [-0.2, 0) is 5.41 Å². The SMILES string of the molecule is CC1(C)c2ccccc2-c2ccc(N(c3ccccc3)c3cccc4c3Oc3c(N(c5ccc(-c6ccccc6)cc5)c5ccc(-c6ccccc6)cc5)ccc5cccc-4c35)cc21. The van der Waals surface area contributed by atoms with E-state index in [0.29, 0.717) is 0 Å². The van der Waals surface area contributed by atoms with Gasteiger partial charge in [-0.1, -0.05) is 184 Å². The number of hydrogen-bond donors (Lipinski definition) is 0. The first-order valence-corrected chi connectivity index (χ1v) is 22.1. The van der Waals surface area contributed by atoms with Crippen molar-refractivity contribution in [2.24, 2.45) is 0 Å². The Bertz CT molecular complexity index is 3280. The van der Waals surface area contributed by atoms with Crippen molar-refractivity contribution in [2.75, 3.05) is 9.80 Å². The van der Waals surface area contributed by atoms with Crippen LogP contribution in [0, 0.1) is 0 Å². The van der Waals surface area contributed by atoms with E-state index in [1.165, 1.54) is 44.5 Å². The number of nitrogens with zero attached hydrogens (tertiary/aromatic N) is 2. The van der Waals surface area contributed by atoms with E-state index in [-0.39, 0.29) is 5.41 Å². The maximum atomic E-state index is 7.55. The second-order valence-corrected chi connectivity index (χ2v) is 17.3. The highest BCUT2D eigenvalue weighted by atomic mass is 16.5. The standard InChI is InChI=1S/C61H44N2O/c1-61(2)54-26-13-12-23-50(54)51-38-37-49(40-55(51)61)63(46-21-10-5-11-22-46)56-27-15-25-53-52-24-14-20-45-32-39-57(60(58(45)52)64-59(53)56)62(47-33-28-43(29-34-47)41-16-6-3-7-17-41)48-35-30-44(31-36-48)42-18-8-4-9-19-42/h3-40H,1-2H3. The van der Waals surface area contributed by atoms with Gasteiger partial charge in [-0.15, -0.1) is 0 Å². The van der Waals surface area contributed by atoms with Crippen molar-refractivity contribution in [2.45, 2.75) is 19.3 Å². The van der Waals surface area contributed by atoms with Crippen LogP contribution in [0.5, 0.6) is 11.5 Å². The molecule has 0 atom stereocenters. The summed E-state index contributed by atoms with van der Waals surface area (Å²) in [4.78, 5) is 4.71. The van der Waals surface area contributed by atoms with Crippen LogP contribution in [0.15, 0.2) is 231 Å². The summed E-state index contributed by atoms with van der Waals surface area (Å²) in [5.74, 6) is 1.64. The maximum absolute atomic E-state index is 7.55. The predicted octanol–water partition coefficient (Wildman–Crippen LogP) is 17.2. The molecule has 0 saturated heterocycles. The molecule has 0 aromatic heterocycles. The third kappa shape index (κ3) is 6.12. The second-order valence-electron chi connectivity index (χ2n) is 17.3. The Kier molecular flexibility index (Phi) is 8.84. The molecule has 0 saturated carbocycles. The first-order valence-electron chi connectivity index (χ1n) is 22.1. The summed E-state index contributed by atoms with van der Waals surface area (Å²) in [5, 5.41) is 2.23. The van der Waals surface area contributed by atoms with Gasteiger partial charge in [0, 0.05) is 39.1 Å². The smallest absolute Gasteiger partial charge is 0.160 e. The molecule has 12 rings (SSSR count). The fourth-order valence-electron chi connectivity index (χ4n) is 10.1. The number of benzene rings is 10. The molecule has 3 nitrogen and oxygen atoms in total. The van der Waals surface area contributed by atoms with Crippen molar-refractivity contribution in [3.63, 3.8) is 0 Å². The number of rotatable bonds is 8. The summed E-state index contributed by atoms with van der Waals surface area (Å²) in [7, 11) is 0. The van der Waals surface area contributed by atoms with Crippen LogP contribution in [-0.4, -0.2) is 0 Å². The van der Waals surface area contributed by atoms with Crippen molar-refractivity contribution in [3.05, 3.63) is 242 Å². The third-order valence-electron chi connectivity index (χ3n) is 13.3. The first kappa shape index (κ1) is 37.6. The summed E-state index contributed by atoms with van der Waals surface area (Å²) in [6.45, 7) is 4.69. The van der Waals surface area contributed by atoms with E-state index in [4.69, 9.17) is 4.74 Å². The van der Waals surface area contributed by atoms with E-state index in [0.717, 1.165) is 67.5 Å². The van der Waals surface area contributed by atoms with Gasteiger partial charge in [-0.3, -0.25) is 0 Å². The van der Waals surface area contributed by atoms with Crippen LogP contribution in [0.3, 0.4) is 0 Å². The van der Waals surface area contributed by atoms with Crippen LogP contribution >= 0.6 is 0 Å². The average Bonchev–Trinajstić information content (AvgIpc) is 3.59. The lowest BCUT2D eigenvalue weighted by Gasteiger charge is -2.34. The lowest BCUT2D eigenvalue weighted by atomic mass is 9.82. The van der Waals surface area contributed by atoms with E-state index >= 15 is 0 Å². The summed E-state index contributed by atoms with van der Waals surface area (Å²) in [6, 6.07) is 83.1. The molecule has 1 aliphatic carbocycles. The van der Waals surface area contributed by atoms with Crippen LogP contribution in [0.1, 0.15) is 25.0 Å². The lowest BCUT2D eigenvalue weighted by molar-refractivity contribution is 0.489. The van der Waals surface area contributed by atoms with Gasteiger partial charge in [0.2, 0.25) is 0 Å². The van der Waals surface area contributed by atoms with Crippen molar-refractivity contribution in [3.8, 4) is 56.0 Å². The Morgan fingerprint density at radius 3 is 1.48 bits per heavy atom. The molecule has 0 unspecified atom stereocenters. The van der Waals surface area contributed by atoms with Crippen LogP contribution < -0.4 is 14.5 Å². The number of anilines is 6. The van der Waals surface area contributed by atoms with Crippen molar-refractivity contribution in [1.82, 2.24) is 0 Å². The van der Waals surface area contributed by atoms with Gasteiger partial charge in [0.05, 0.1) is 11.4 Å².